The van der Waals surface area contributed by atoms with E-state index in [9.17, 15) is 4.79 Å². The van der Waals surface area contributed by atoms with Crippen molar-refractivity contribution >= 4 is 10.9 Å². The van der Waals surface area contributed by atoms with Crippen molar-refractivity contribution in [2.75, 3.05) is 0 Å². The maximum atomic E-state index is 11.7. The number of hydrogen-bond donors (Lipinski definition) is 1. The molecule has 1 heterocycles. The summed E-state index contributed by atoms with van der Waals surface area (Å²) in [5, 5.41) is 9.30. The van der Waals surface area contributed by atoms with Gasteiger partial charge in [-0.3, -0.25) is 4.79 Å². The largest absolute Gasteiger partial charge is 0.358 e. The van der Waals surface area contributed by atoms with Gasteiger partial charge in [-0.1, -0.05) is 6.92 Å². The molecule has 0 unspecified atom stereocenters. The van der Waals surface area contributed by atoms with Crippen LogP contribution in [0.5, 0.6) is 0 Å². The van der Waals surface area contributed by atoms with E-state index < -0.39 is 0 Å². The minimum atomic E-state index is -0.0299. The van der Waals surface area contributed by atoms with E-state index in [1.165, 1.54) is 0 Å². The predicted octanol–water partition coefficient (Wildman–Crippen LogP) is 1.96. The number of nitriles is 1. The van der Waals surface area contributed by atoms with Crippen molar-refractivity contribution in [2.24, 2.45) is 0 Å². The van der Waals surface area contributed by atoms with Crippen LogP contribution >= 0.6 is 0 Å². The monoisotopic (exact) mass is 198 g/mol. The van der Waals surface area contributed by atoms with Gasteiger partial charge < -0.3 is 4.98 Å². The van der Waals surface area contributed by atoms with Crippen LogP contribution in [0.25, 0.3) is 10.9 Å². The highest BCUT2D eigenvalue weighted by Crippen LogP contribution is 2.10. The molecule has 0 bridgehead atoms. The lowest BCUT2D eigenvalue weighted by atomic mass is 10.1. The molecule has 0 amide bonds. The maximum Gasteiger partial charge on any atom is 0.189 e. The molecule has 1 aromatic carbocycles. The molecule has 0 atom stereocenters. The lowest BCUT2D eigenvalue weighted by Gasteiger charge is -2.01. The van der Waals surface area contributed by atoms with Crippen LogP contribution in [0, 0.1) is 11.3 Å². The molecule has 1 aromatic heterocycles. The van der Waals surface area contributed by atoms with Crippen molar-refractivity contribution in [3.8, 4) is 6.07 Å². The second-order valence-corrected chi connectivity index (χ2v) is 3.38. The highest BCUT2D eigenvalue weighted by Gasteiger charge is 2.01. The molecule has 3 heteroatoms. The lowest BCUT2D eigenvalue weighted by molar-refractivity contribution is 1.05. The topological polar surface area (TPSA) is 56.6 Å². The first-order chi connectivity index (χ1) is 7.24. The zero-order valence-corrected chi connectivity index (χ0v) is 8.37. The Morgan fingerprint density at radius 2 is 2.20 bits per heavy atom. The zero-order valence-electron chi connectivity index (χ0n) is 8.37. The van der Waals surface area contributed by atoms with Crippen LogP contribution in [-0.4, -0.2) is 4.98 Å². The number of H-pyrrole nitrogens is 1. The van der Waals surface area contributed by atoms with E-state index in [4.69, 9.17) is 5.26 Å². The van der Waals surface area contributed by atoms with E-state index in [1.807, 2.05) is 13.0 Å². The smallest absolute Gasteiger partial charge is 0.189 e. The maximum absolute atomic E-state index is 11.7. The third-order valence-electron chi connectivity index (χ3n) is 2.40. The molecule has 0 fully saturated rings. The summed E-state index contributed by atoms with van der Waals surface area (Å²) in [7, 11) is 0. The van der Waals surface area contributed by atoms with Crippen molar-refractivity contribution < 1.29 is 0 Å². The number of aryl methyl sites for hydroxylation is 1. The van der Waals surface area contributed by atoms with Gasteiger partial charge in [-0.05, 0) is 24.6 Å². The minimum Gasteiger partial charge on any atom is -0.358 e. The Labute approximate surface area is 87.0 Å². The molecule has 0 saturated carbocycles. The molecule has 0 aliphatic heterocycles. The number of rotatable bonds is 1. The van der Waals surface area contributed by atoms with Gasteiger partial charge in [0.2, 0.25) is 0 Å². The van der Waals surface area contributed by atoms with Gasteiger partial charge in [0.15, 0.2) is 5.43 Å². The van der Waals surface area contributed by atoms with Crippen LogP contribution in [0.2, 0.25) is 0 Å². The van der Waals surface area contributed by atoms with E-state index in [2.05, 4.69) is 4.98 Å². The number of aromatic nitrogens is 1. The van der Waals surface area contributed by atoms with Gasteiger partial charge in [-0.25, -0.2) is 0 Å². The van der Waals surface area contributed by atoms with Crippen molar-refractivity contribution in [1.82, 2.24) is 4.98 Å². The van der Waals surface area contributed by atoms with Crippen LogP contribution in [-0.2, 0) is 6.42 Å². The van der Waals surface area contributed by atoms with Gasteiger partial charge in [0.1, 0.15) is 0 Å². The second kappa shape index (κ2) is 3.58. The summed E-state index contributed by atoms with van der Waals surface area (Å²) >= 11 is 0. The number of hydrogen-bond acceptors (Lipinski definition) is 2. The Balaban J connectivity index is 2.81. The molecule has 2 aromatic rings. The van der Waals surface area contributed by atoms with Gasteiger partial charge in [0.25, 0.3) is 0 Å². The van der Waals surface area contributed by atoms with Crippen LogP contribution in [0.15, 0.2) is 29.1 Å². The summed E-state index contributed by atoms with van der Waals surface area (Å²) < 4.78 is 0. The van der Waals surface area contributed by atoms with E-state index >= 15 is 0 Å². The average molecular weight is 198 g/mol. The number of pyridine rings is 1. The first-order valence-corrected chi connectivity index (χ1v) is 4.80. The summed E-state index contributed by atoms with van der Waals surface area (Å²) in [6.07, 6.45) is 0.797. The molecule has 2 rings (SSSR count). The molecule has 0 aliphatic carbocycles. The van der Waals surface area contributed by atoms with Crippen LogP contribution < -0.4 is 5.43 Å². The van der Waals surface area contributed by atoms with Crippen molar-refractivity contribution in [1.29, 1.82) is 5.26 Å². The average Bonchev–Trinajstić information content (AvgIpc) is 2.28. The van der Waals surface area contributed by atoms with Crippen LogP contribution in [0.3, 0.4) is 0 Å². The first kappa shape index (κ1) is 9.47. The fourth-order valence-electron chi connectivity index (χ4n) is 1.56. The Morgan fingerprint density at radius 1 is 1.40 bits per heavy atom. The molecule has 0 radical (unpaired) electrons. The molecular formula is C12H10N2O. The molecule has 3 nitrogen and oxygen atoms in total. The van der Waals surface area contributed by atoms with E-state index in [1.54, 1.807) is 24.3 Å². The van der Waals surface area contributed by atoms with Gasteiger partial charge in [0, 0.05) is 22.7 Å². The van der Waals surface area contributed by atoms with E-state index in [0.717, 1.165) is 17.6 Å². The molecule has 0 spiro atoms. The van der Waals surface area contributed by atoms with Crippen molar-refractivity contribution in [3.63, 3.8) is 0 Å². The van der Waals surface area contributed by atoms with Gasteiger partial charge in [-0.15, -0.1) is 0 Å². The molecule has 74 valence electrons. The fraction of sp³-hybridized carbons (Fsp3) is 0.167. The van der Waals surface area contributed by atoms with Gasteiger partial charge >= 0.3 is 0 Å². The Hall–Kier alpha value is -2.08. The Bertz CT molecular complexity index is 605. The summed E-state index contributed by atoms with van der Waals surface area (Å²) in [5.41, 5.74) is 2.19. The molecule has 15 heavy (non-hydrogen) atoms. The normalized spacial score (nSPS) is 10.1. The molecule has 1 N–H and O–H groups in total. The highest BCUT2D eigenvalue weighted by molar-refractivity contribution is 5.80. The summed E-state index contributed by atoms with van der Waals surface area (Å²) in [6.45, 7) is 1.99. The Morgan fingerprint density at radius 3 is 2.87 bits per heavy atom. The number of aromatic amines is 1. The second-order valence-electron chi connectivity index (χ2n) is 3.38. The standard InChI is InChI=1S/C12H10N2O/c1-2-9-6-12(15)10-5-8(7-13)3-4-11(10)14-9/h3-6H,2H2,1H3,(H,14,15). The lowest BCUT2D eigenvalue weighted by Crippen LogP contribution is -2.04. The van der Waals surface area contributed by atoms with Crippen molar-refractivity contribution in [3.05, 3.63) is 45.7 Å². The zero-order chi connectivity index (χ0) is 10.8. The number of nitrogens with one attached hydrogen (secondary N) is 1. The first-order valence-electron chi connectivity index (χ1n) is 4.80. The number of nitrogens with zero attached hydrogens (tertiary/aromatic N) is 1. The minimum absolute atomic E-state index is 0.0299. The van der Waals surface area contributed by atoms with Gasteiger partial charge in [0.05, 0.1) is 11.6 Å². The third-order valence-corrected chi connectivity index (χ3v) is 2.40. The highest BCUT2D eigenvalue weighted by atomic mass is 16.1. The summed E-state index contributed by atoms with van der Waals surface area (Å²) in [6, 6.07) is 8.71. The molecular weight excluding hydrogens is 188 g/mol. The Kier molecular flexibility index (Phi) is 2.26. The quantitative estimate of drug-likeness (QED) is 0.761. The van der Waals surface area contributed by atoms with Crippen LogP contribution in [0.1, 0.15) is 18.2 Å². The summed E-state index contributed by atoms with van der Waals surface area (Å²) in [4.78, 5) is 14.9. The SMILES string of the molecule is CCc1cc(=O)c2cc(C#N)ccc2[nH]1. The fourth-order valence-corrected chi connectivity index (χ4v) is 1.56. The van der Waals surface area contributed by atoms with Crippen LogP contribution in [0.4, 0.5) is 0 Å². The number of fused-ring (bicyclic) bond motifs is 1. The molecule has 0 saturated heterocycles. The van der Waals surface area contributed by atoms with E-state index in [0.29, 0.717) is 10.9 Å². The van der Waals surface area contributed by atoms with Crippen molar-refractivity contribution in [2.45, 2.75) is 13.3 Å². The van der Waals surface area contributed by atoms with E-state index in [-0.39, 0.29) is 5.43 Å². The summed E-state index contributed by atoms with van der Waals surface area (Å²) in [5.74, 6) is 0. The molecule has 0 aliphatic rings. The predicted molar refractivity (Wildman–Crippen MR) is 58.7 cm³/mol. The number of benzene rings is 1. The van der Waals surface area contributed by atoms with Gasteiger partial charge in [-0.2, -0.15) is 5.26 Å². The third kappa shape index (κ3) is 1.62.